The van der Waals surface area contributed by atoms with Crippen LogP contribution in [0.3, 0.4) is 0 Å². The lowest BCUT2D eigenvalue weighted by atomic mass is 9.68. The Kier molecular flexibility index (Phi) is 8.41. The Morgan fingerprint density at radius 1 is 1.15 bits per heavy atom. The van der Waals surface area contributed by atoms with Crippen molar-refractivity contribution < 1.29 is 14.3 Å². The number of carbonyl (C=O) groups is 1. The predicted octanol–water partition coefficient (Wildman–Crippen LogP) is 5.27. The lowest BCUT2D eigenvalue weighted by Gasteiger charge is -2.44. The quantitative estimate of drug-likeness (QED) is 0.520. The van der Waals surface area contributed by atoms with Gasteiger partial charge in [0.1, 0.15) is 5.75 Å². The monoisotopic (exact) mass is 452 g/mol. The maximum absolute atomic E-state index is 12.6. The summed E-state index contributed by atoms with van der Waals surface area (Å²) in [6.45, 7) is 8.17. The topological polar surface area (TPSA) is 42.0 Å². The third-order valence-electron chi connectivity index (χ3n) is 7.06. The van der Waals surface area contributed by atoms with Gasteiger partial charge >= 0.3 is 0 Å². The molecule has 5 heteroatoms. The summed E-state index contributed by atoms with van der Waals surface area (Å²) in [4.78, 5) is 16.7. The average Bonchev–Trinajstić information content (AvgIpc) is 2.82. The molecule has 33 heavy (non-hydrogen) atoms. The average molecular weight is 453 g/mol. The fourth-order valence-corrected chi connectivity index (χ4v) is 4.89. The first-order valence-corrected chi connectivity index (χ1v) is 12.0. The van der Waals surface area contributed by atoms with E-state index in [-0.39, 0.29) is 17.4 Å². The molecule has 2 aromatic carbocycles. The number of hydrogen-bond acceptors (Lipinski definition) is 4. The fraction of sp³-hybridized carbons (Fsp3) is 0.536. The van der Waals surface area contributed by atoms with E-state index in [9.17, 15) is 4.79 Å². The number of ether oxygens (including phenoxy) is 2. The van der Waals surface area contributed by atoms with E-state index in [1.165, 1.54) is 5.56 Å². The molecule has 1 fully saturated rings. The SMILES string of the molecule is COc1ccccc1C1(CCN(Cc2ccc(N(C)C)cc2)C(C)=O)CCOC(C(C)C)C1. The van der Waals surface area contributed by atoms with Crippen molar-refractivity contribution in [2.75, 3.05) is 39.3 Å². The Balaban J connectivity index is 1.84. The Hall–Kier alpha value is -2.53. The Morgan fingerprint density at radius 2 is 1.85 bits per heavy atom. The van der Waals surface area contributed by atoms with Gasteiger partial charge in [0, 0.05) is 57.4 Å². The van der Waals surface area contributed by atoms with Gasteiger partial charge in [-0.3, -0.25) is 4.79 Å². The lowest BCUT2D eigenvalue weighted by Crippen LogP contribution is -2.43. The first-order valence-electron chi connectivity index (χ1n) is 12.0. The number of carbonyl (C=O) groups excluding carboxylic acids is 1. The molecule has 1 amide bonds. The summed E-state index contributed by atoms with van der Waals surface area (Å²) < 4.78 is 11.9. The summed E-state index contributed by atoms with van der Waals surface area (Å²) in [6.07, 6.45) is 2.96. The van der Waals surface area contributed by atoms with Gasteiger partial charge in [-0.1, -0.05) is 44.2 Å². The van der Waals surface area contributed by atoms with Gasteiger partial charge in [0.05, 0.1) is 13.2 Å². The molecule has 0 saturated carbocycles. The Morgan fingerprint density at radius 3 is 2.45 bits per heavy atom. The molecular weight excluding hydrogens is 412 g/mol. The molecule has 0 N–H and O–H groups in total. The zero-order valence-corrected chi connectivity index (χ0v) is 21.1. The molecule has 0 bridgehead atoms. The molecule has 0 spiro atoms. The molecule has 180 valence electrons. The largest absolute Gasteiger partial charge is 0.496 e. The van der Waals surface area contributed by atoms with Crippen molar-refractivity contribution >= 4 is 11.6 Å². The van der Waals surface area contributed by atoms with Crippen molar-refractivity contribution in [2.45, 2.75) is 58.1 Å². The highest BCUT2D eigenvalue weighted by Crippen LogP contribution is 2.45. The first-order chi connectivity index (χ1) is 15.8. The second-order valence-corrected chi connectivity index (χ2v) is 9.84. The molecule has 5 nitrogen and oxygen atoms in total. The molecule has 2 aromatic rings. The Bertz CT molecular complexity index is 910. The molecule has 1 saturated heterocycles. The molecular formula is C28H40N2O3. The van der Waals surface area contributed by atoms with E-state index in [1.807, 2.05) is 31.1 Å². The maximum atomic E-state index is 12.6. The zero-order chi connectivity index (χ0) is 24.0. The predicted molar refractivity (Wildman–Crippen MR) is 135 cm³/mol. The molecule has 1 aliphatic heterocycles. The highest BCUT2D eigenvalue weighted by atomic mass is 16.5. The summed E-state index contributed by atoms with van der Waals surface area (Å²) in [5.74, 6) is 1.48. The van der Waals surface area contributed by atoms with Crippen molar-refractivity contribution in [3.63, 3.8) is 0 Å². The smallest absolute Gasteiger partial charge is 0.219 e. The van der Waals surface area contributed by atoms with Gasteiger partial charge in [-0.25, -0.2) is 0 Å². The van der Waals surface area contributed by atoms with Crippen LogP contribution in [-0.4, -0.2) is 51.3 Å². The van der Waals surface area contributed by atoms with E-state index >= 15 is 0 Å². The van der Waals surface area contributed by atoms with Gasteiger partial charge in [0.2, 0.25) is 5.91 Å². The van der Waals surface area contributed by atoms with E-state index in [0.717, 1.165) is 42.9 Å². The second kappa shape index (κ2) is 11.1. The molecule has 3 rings (SSSR count). The molecule has 2 unspecified atom stereocenters. The minimum Gasteiger partial charge on any atom is -0.496 e. The molecule has 1 aliphatic rings. The molecule has 0 aliphatic carbocycles. The first kappa shape index (κ1) is 25.1. The molecule has 0 aromatic heterocycles. The van der Waals surface area contributed by atoms with Crippen LogP contribution in [0.15, 0.2) is 48.5 Å². The number of amides is 1. The van der Waals surface area contributed by atoms with Crippen LogP contribution in [-0.2, 0) is 21.5 Å². The van der Waals surface area contributed by atoms with Crippen molar-refractivity contribution in [3.8, 4) is 5.75 Å². The number of para-hydroxylation sites is 1. The maximum Gasteiger partial charge on any atom is 0.219 e. The van der Waals surface area contributed by atoms with Crippen LogP contribution in [0.2, 0.25) is 0 Å². The van der Waals surface area contributed by atoms with Crippen LogP contribution in [0.5, 0.6) is 5.75 Å². The van der Waals surface area contributed by atoms with Crippen LogP contribution in [0.25, 0.3) is 0 Å². The van der Waals surface area contributed by atoms with E-state index in [0.29, 0.717) is 19.0 Å². The summed E-state index contributed by atoms with van der Waals surface area (Å²) in [7, 11) is 5.81. The van der Waals surface area contributed by atoms with Crippen LogP contribution in [0.4, 0.5) is 5.69 Å². The van der Waals surface area contributed by atoms with Crippen LogP contribution < -0.4 is 9.64 Å². The van der Waals surface area contributed by atoms with Crippen LogP contribution in [0, 0.1) is 5.92 Å². The van der Waals surface area contributed by atoms with Gasteiger partial charge in [0.15, 0.2) is 0 Å². The van der Waals surface area contributed by atoms with Gasteiger partial charge in [-0.15, -0.1) is 0 Å². The van der Waals surface area contributed by atoms with Crippen molar-refractivity contribution in [3.05, 3.63) is 59.7 Å². The van der Waals surface area contributed by atoms with Crippen molar-refractivity contribution in [2.24, 2.45) is 5.92 Å². The highest BCUT2D eigenvalue weighted by molar-refractivity contribution is 5.73. The van der Waals surface area contributed by atoms with E-state index < -0.39 is 0 Å². The third kappa shape index (κ3) is 6.08. The minimum atomic E-state index is -0.0811. The van der Waals surface area contributed by atoms with Gasteiger partial charge in [-0.05, 0) is 48.9 Å². The van der Waals surface area contributed by atoms with Gasteiger partial charge in [0.25, 0.3) is 0 Å². The highest BCUT2D eigenvalue weighted by Gasteiger charge is 2.41. The molecule has 1 heterocycles. The standard InChI is InChI=1S/C28H40N2O3/c1-21(2)27-19-28(16-18-33-27,25-9-7-8-10-26(25)32-6)15-17-30(22(3)31)20-23-11-13-24(14-12-23)29(4)5/h7-14,21,27H,15-20H2,1-6H3. The fourth-order valence-electron chi connectivity index (χ4n) is 4.89. The summed E-state index contributed by atoms with van der Waals surface area (Å²) in [5, 5.41) is 0. The number of anilines is 1. The minimum absolute atomic E-state index is 0.0811. The van der Waals surface area contributed by atoms with Crippen molar-refractivity contribution in [1.82, 2.24) is 4.90 Å². The zero-order valence-electron chi connectivity index (χ0n) is 21.1. The van der Waals surface area contributed by atoms with E-state index in [1.54, 1.807) is 14.0 Å². The molecule has 2 atom stereocenters. The second-order valence-electron chi connectivity index (χ2n) is 9.84. The van der Waals surface area contributed by atoms with Gasteiger partial charge in [-0.2, -0.15) is 0 Å². The normalized spacial score (nSPS) is 20.5. The van der Waals surface area contributed by atoms with Gasteiger partial charge < -0.3 is 19.3 Å². The van der Waals surface area contributed by atoms with Crippen LogP contribution >= 0.6 is 0 Å². The third-order valence-corrected chi connectivity index (χ3v) is 7.06. The van der Waals surface area contributed by atoms with Crippen molar-refractivity contribution in [1.29, 1.82) is 0 Å². The lowest BCUT2D eigenvalue weighted by molar-refractivity contribution is -0.130. The summed E-state index contributed by atoms with van der Waals surface area (Å²) in [5.41, 5.74) is 3.46. The number of rotatable bonds is 9. The number of nitrogens with zero attached hydrogens (tertiary/aromatic N) is 2. The number of hydrogen-bond donors (Lipinski definition) is 0. The summed E-state index contributed by atoms with van der Waals surface area (Å²) in [6, 6.07) is 16.8. The Labute approximate surface area is 199 Å². The number of methoxy groups -OCH3 is 1. The molecule has 0 radical (unpaired) electrons. The van der Waals surface area contributed by atoms with E-state index in [2.05, 4.69) is 55.1 Å². The van der Waals surface area contributed by atoms with E-state index in [4.69, 9.17) is 9.47 Å². The number of benzene rings is 2. The summed E-state index contributed by atoms with van der Waals surface area (Å²) >= 11 is 0. The van der Waals surface area contributed by atoms with Crippen LogP contribution in [0.1, 0.15) is 51.2 Å².